The zero-order valence-corrected chi connectivity index (χ0v) is 58.9. The van der Waals surface area contributed by atoms with Crippen LogP contribution in [0.15, 0.2) is 36.5 Å². The minimum absolute atomic E-state index is 0.0276. The van der Waals surface area contributed by atoms with Gasteiger partial charge in [-0.1, -0.05) is 359 Å². The number of likely N-dealkylation sites (N-methyl/N-ethyl adjacent to an activating group) is 1. The van der Waals surface area contributed by atoms with Crippen molar-refractivity contribution in [2.45, 2.75) is 392 Å². The van der Waals surface area contributed by atoms with Gasteiger partial charge in [0.05, 0.1) is 27.7 Å². The van der Waals surface area contributed by atoms with E-state index in [1.807, 2.05) is 21.1 Å². The van der Waals surface area contributed by atoms with Gasteiger partial charge in [0.25, 0.3) is 7.82 Å². The maximum absolute atomic E-state index is 12.9. The Kier molecular flexibility index (Phi) is 66.2. The first-order valence-corrected chi connectivity index (χ1v) is 39.2. The molecule has 0 aliphatic carbocycles. The van der Waals surface area contributed by atoms with Crippen molar-refractivity contribution >= 4 is 19.8 Å². The Bertz CT molecular complexity index is 1540. The Morgan fingerprint density at radius 1 is 0.360 bits per heavy atom. The minimum Gasteiger partial charge on any atom is -0.756 e. The van der Waals surface area contributed by atoms with Crippen LogP contribution in [0.1, 0.15) is 386 Å². The average molecular weight is 1230 g/mol. The Labute approximate surface area is 535 Å². The summed E-state index contributed by atoms with van der Waals surface area (Å²) in [7, 11) is 1.19. The molecule has 0 rings (SSSR count). The number of hydrogen-bond donors (Lipinski definition) is 0. The molecule has 9 nitrogen and oxygen atoms in total. The quantitative estimate of drug-likeness (QED) is 0.0195. The van der Waals surface area contributed by atoms with Gasteiger partial charge in [-0.05, 0) is 51.4 Å². The summed E-state index contributed by atoms with van der Waals surface area (Å²) < 4.78 is 34.4. The van der Waals surface area contributed by atoms with Crippen molar-refractivity contribution in [3.63, 3.8) is 0 Å². The molecule has 0 aliphatic heterocycles. The first-order valence-electron chi connectivity index (χ1n) is 37.7. The lowest BCUT2D eigenvalue weighted by molar-refractivity contribution is -0.870. The van der Waals surface area contributed by atoms with Crippen LogP contribution in [0.5, 0.6) is 0 Å². The van der Waals surface area contributed by atoms with E-state index in [9.17, 15) is 19.0 Å². The van der Waals surface area contributed by atoms with Crippen LogP contribution in [-0.4, -0.2) is 70.0 Å². The molecule has 0 heterocycles. The number of carbonyl (C=O) groups excluding carboxylic acids is 2. The third kappa shape index (κ3) is 71.3. The highest BCUT2D eigenvalue weighted by atomic mass is 31.2. The number of phosphoric ester groups is 1. The maximum Gasteiger partial charge on any atom is 0.306 e. The van der Waals surface area contributed by atoms with Gasteiger partial charge in [0, 0.05) is 12.8 Å². The van der Waals surface area contributed by atoms with Crippen LogP contribution in [0.25, 0.3) is 0 Å². The molecule has 0 aromatic rings. The van der Waals surface area contributed by atoms with Crippen LogP contribution in [0.4, 0.5) is 0 Å². The van der Waals surface area contributed by atoms with Gasteiger partial charge >= 0.3 is 11.9 Å². The zero-order chi connectivity index (χ0) is 62.6. The van der Waals surface area contributed by atoms with E-state index in [1.165, 1.54) is 308 Å². The fourth-order valence-corrected chi connectivity index (χ4v) is 12.1. The molecular formula is C76H146NO8P. The van der Waals surface area contributed by atoms with Gasteiger partial charge in [-0.3, -0.25) is 14.2 Å². The first-order chi connectivity index (χ1) is 42.0. The third-order valence-electron chi connectivity index (χ3n) is 17.2. The molecule has 0 amide bonds. The summed E-state index contributed by atoms with van der Waals surface area (Å²) in [4.78, 5) is 38.1. The maximum atomic E-state index is 12.9. The molecule has 0 N–H and O–H groups in total. The summed E-state index contributed by atoms with van der Waals surface area (Å²) in [6.45, 7) is 4.31. The summed E-state index contributed by atoms with van der Waals surface area (Å²) >= 11 is 0. The fraction of sp³-hybridized carbons (Fsp3) is 0.895. The topological polar surface area (TPSA) is 111 Å². The monoisotopic (exact) mass is 1230 g/mol. The van der Waals surface area contributed by atoms with Crippen molar-refractivity contribution in [1.29, 1.82) is 0 Å². The van der Waals surface area contributed by atoms with Gasteiger partial charge in [0.15, 0.2) is 6.10 Å². The average Bonchev–Trinajstić information content (AvgIpc) is 3.70. The second-order valence-electron chi connectivity index (χ2n) is 27.0. The Balaban J connectivity index is 3.96. The second-order valence-corrected chi connectivity index (χ2v) is 28.4. The van der Waals surface area contributed by atoms with Gasteiger partial charge in [-0.15, -0.1) is 0 Å². The molecule has 10 heteroatoms. The molecule has 2 atom stereocenters. The van der Waals surface area contributed by atoms with Crippen LogP contribution >= 0.6 is 7.82 Å². The van der Waals surface area contributed by atoms with Crippen LogP contribution < -0.4 is 4.89 Å². The number of unbranched alkanes of at least 4 members (excludes halogenated alkanes) is 51. The van der Waals surface area contributed by atoms with E-state index < -0.39 is 26.5 Å². The van der Waals surface area contributed by atoms with E-state index in [-0.39, 0.29) is 32.0 Å². The van der Waals surface area contributed by atoms with E-state index in [1.54, 1.807) is 0 Å². The molecule has 2 unspecified atom stereocenters. The Morgan fingerprint density at radius 3 is 0.930 bits per heavy atom. The number of quaternary nitrogens is 1. The van der Waals surface area contributed by atoms with Crippen LogP contribution in [-0.2, 0) is 32.7 Å². The summed E-state index contributed by atoms with van der Waals surface area (Å²) in [6, 6.07) is 0. The number of allylic oxidation sites excluding steroid dienone is 6. The molecule has 0 aromatic heterocycles. The van der Waals surface area contributed by atoms with Gasteiger partial charge in [0.2, 0.25) is 0 Å². The second kappa shape index (κ2) is 67.6. The molecule has 508 valence electrons. The van der Waals surface area contributed by atoms with Crippen molar-refractivity contribution < 1.29 is 42.1 Å². The number of esters is 2. The highest BCUT2D eigenvalue weighted by molar-refractivity contribution is 7.45. The van der Waals surface area contributed by atoms with E-state index >= 15 is 0 Å². The normalized spacial score (nSPS) is 13.2. The summed E-state index contributed by atoms with van der Waals surface area (Å²) in [6.07, 6.45) is 86.8. The van der Waals surface area contributed by atoms with Crippen molar-refractivity contribution in [3.05, 3.63) is 36.5 Å². The van der Waals surface area contributed by atoms with E-state index in [2.05, 4.69) is 50.3 Å². The Morgan fingerprint density at radius 2 is 0.628 bits per heavy atom. The van der Waals surface area contributed by atoms with Crippen molar-refractivity contribution in [2.24, 2.45) is 0 Å². The standard InChI is InChI=1S/C76H146NO8P/c1-6-8-10-12-14-16-18-20-22-24-26-28-30-32-34-36-37-38-39-41-43-45-47-49-51-53-55-57-59-61-63-65-67-69-76(79)85-74(73-84-86(80,81)83-71-70-77(3,4)5)72-82-75(78)68-66-64-62-60-58-56-54-52-50-48-46-44-42-40-35-33-31-29-27-25-23-21-19-17-15-13-11-9-7-2/h18,20,24,26,30,32,74H,6-17,19,21-23,25,27-29,31,33-73H2,1-5H3/b20-18-,26-24-,32-30-. The predicted octanol–water partition coefficient (Wildman–Crippen LogP) is 24.0. The molecule has 0 aliphatic rings. The molecule has 0 saturated heterocycles. The number of ether oxygens (including phenoxy) is 2. The SMILES string of the molecule is CCCCCCC/C=C\C/C=C\C/C=C\CCCCCCCCCCCCCCCCCCCCC(=O)OC(COC(=O)CCCCCCCCCCCCCCCCCCCCCCCCCCCCCCC)COP(=O)([O-])OCC[N+](C)(C)C. The van der Waals surface area contributed by atoms with Crippen molar-refractivity contribution in [3.8, 4) is 0 Å². The summed E-state index contributed by atoms with van der Waals surface area (Å²) in [5.74, 6) is -0.809. The molecule has 0 spiro atoms. The van der Waals surface area contributed by atoms with E-state index in [0.29, 0.717) is 17.4 Å². The lowest BCUT2D eigenvalue weighted by Crippen LogP contribution is -2.37. The lowest BCUT2D eigenvalue weighted by atomic mass is 10.0. The summed E-state index contributed by atoms with van der Waals surface area (Å²) in [5.41, 5.74) is 0. The fourth-order valence-electron chi connectivity index (χ4n) is 11.4. The largest absolute Gasteiger partial charge is 0.756 e. The molecule has 0 aromatic carbocycles. The number of nitrogens with zero attached hydrogens (tertiary/aromatic N) is 1. The third-order valence-corrected chi connectivity index (χ3v) is 18.1. The molecule has 0 bridgehead atoms. The number of hydrogen-bond acceptors (Lipinski definition) is 8. The minimum atomic E-state index is -4.64. The Hall–Kier alpha value is -1.77. The summed E-state index contributed by atoms with van der Waals surface area (Å²) in [5, 5.41) is 0. The van der Waals surface area contributed by atoms with Gasteiger partial charge in [-0.25, -0.2) is 0 Å². The van der Waals surface area contributed by atoms with Crippen molar-refractivity contribution in [2.75, 3.05) is 47.5 Å². The van der Waals surface area contributed by atoms with Gasteiger partial charge in [0.1, 0.15) is 19.8 Å². The smallest absolute Gasteiger partial charge is 0.306 e. The highest BCUT2D eigenvalue weighted by Crippen LogP contribution is 2.38. The molecule has 0 radical (unpaired) electrons. The van der Waals surface area contributed by atoms with Crippen molar-refractivity contribution in [1.82, 2.24) is 0 Å². The van der Waals surface area contributed by atoms with Crippen LogP contribution in [0.3, 0.4) is 0 Å². The first kappa shape index (κ1) is 84.2. The van der Waals surface area contributed by atoms with E-state index in [4.69, 9.17) is 18.5 Å². The van der Waals surface area contributed by atoms with E-state index in [0.717, 1.165) is 44.9 Å². The molecule has 0 saturated carbocycles. The lowest BCUT2D eigenvalue weighted by Gasteiger charge is -2.28. The number of carbonyl (C=O) groups is 2. The molecule has 86 heavy (non-hydrogen) atoms. The molecule has 0 fully saturated rings. The molecular weight excluding hydrogens is 1090 g/mol. The van der Waals surface area contributed by atoms with Crippen LogP contribution in [0, 0.1) is 0 Å². The highest BCUT2D eigenvalue weighted by Gasteiger charge is 2.22. The van der Waals surface area contributed by atoms with Gasteiger partial charge < -0.3 is 27.9 Å². The number of phosphoric acid groups is 1. The predicted molar refractivity (Wildman–Crippen MR) is 370 cm³/mol. The van der Waals surface area contributed by atoms with Crippen LogP contribution in [0.2, 0.25) is 0 Å². The zero-order valence-electron chi connectivity index (χ0n) is 58.0. The van der Waals surface area contributed by atoms with Gasteiger partial charge in [-0.2, -0.15) is 0 Å². The number of rotatable bonds is 71.